The minimum atomic E-state index is 0.438. The minimum Gasteiger partial charge on any atom is -0.475 e. The van der Waals surface area contributed by atoms with E-state index in [1.165, 1.54) is 0 Å². The Morgan fingerprint density at radius 2 is 1.68 bits per heavy atom. The van der Waals surface area contributed by atoms with Crippen LogP contribution in [0.5, 0.6) is 5.88 Å². The average Bonchev–Trinajstić information content (AvgIpc) is 2.41. The van der Waals surface area contributed by atoms with E-state index in [2.05, 4.69) is 4.98 Å². The Labute approximate surface area is 113 Å². The number of nitrogens with zero attached hydrogens (tertiary/aromatic N) is 1. The van der Waals surface area contributed by atoms with E-state index in [1.54, 1.807) is 19.4 Å². The number of rotatable bonds is 10. The topological polar surface area (TPSA) is 75.8 Å². The number of anilines is 1. The number of methoxy groups -OCH3 is 1. The maximum absolute atomic E-state index is 5.75. The molecule has 0 bridgehead atoms. The summed E-state index contributed by atoms with van der Waals surface area (Å²) in [5.74, 6) is 0.517. The molecule has 1 heterocycles. The molecule has 2 N–H and O–H groups in total. The molecule has 0 saturated heterocycles. The van der Waals surface area contributed by atoms with Crippen molar-refractivity contribution in [1.29, 1.82) is 0 Å². The highest BCUT2D eigenvalue weighted by Crippen LogP contribution is 2.15. The first-order valence-electron chi connectivity index (χ1n) is 6.23. The zero-order valence-electron chi connectivity index (χ0n) is 11.6. The molecule has 0 amide bonds. The van der Waals surface area contributed by atoms with Crippen molar-refractivity contribution in [3.8, 4) is 5.88 Å². The van der Waals surface area contributed by atoms with Crippen molar-refractivity contribution in [1.82, 2.24) is 4.98 Å². The van der Waals surface area contributed by atoms with Gasteiger partial charge in [-0.15, -0.1) is 0 Å². The van der Waals surface area contributed by atoms with Crippen LogP contribution in [-0.4, -0.2) is 51.7 Å². The summed E-state index contributed by atoms with van der Waals surface area (Å²) < 4.78 is 20.8. The van der Waals surface area contributed by atoms with Gasteiger partial charge in [-0.2, -0.15) is 0 Å². The third-order valence-electron chi connectivity index (χ3n) is 2.40. The monoisotopic (exact) mass is 270 g/mol. The Kier molecular flexibility index (Phi) is 7.88. The fourth-order valence-electron chi connectivity index (χ4n) is 1.27. The Balaban J connectivity index is 2.00. The summed E-state index contributed by atoms with van der Waals surface area (Å²) in [5.41, 5.74) is 7.37. The Bertz CT molecular complexity index is 360. The number of pyridine rings is 1. The molecule has 0 aromatic carbocycles. The van der Waals surface area contributed by atoms with Crippen molar-refractivity contribution in [3.63, 3.8) is 0 Å². The Morgan fingerprint density at radius 3 is 2.32 bits per heavy atom. The van der Waals surface area contributed by atoms with Crippen molar-refractivity contribution >= 4 is 5.69 Å². The van der Waals surface area contributed by atoms with Crippen LogP contribution >= 0.6 is 0 Å². The van der Waals surface area contributed by atoms with Crippen LogP contribution in [-0.2, 0) is 14.2 Å². The lowest BCUT2D eigenvalue weighted by atomic mass is 10.3. The highest BCUT2D eigenvalue weighted by Gasteiger charge is 1.99. The van der Waals surface area contributed by atoms with Crippen molar-refractivity contribution in [2.75, 3.05) is 52.5 Å². The van der Waals surface area contributed by atoms with Crippen LogP contribution in [0.3, 0.4) is 0 Å². The number of nitrogens with two attached hydrogens (primary N) is 1. The van der Waals surface area contributed by atoms with Crippen LogP contribution in [0.2, 0.25) is 0 Å². The van der Waals surface area contributed by atoms with Crippen LogP contribution in [0.25, 0.3) is 0 Å². The summed E-state index contributed by atoms with van der Waals surface area (Å²) in [5, 5.41) is 0. The minimum absolute atomic E-state index is 0.438. The summed E-state index contributed by atoms with van der Waals surface area (Å²) in [6.45, 7) is 5.11. The van der Waals surface area contributed by atoms with Gasteiger partial charge in [0, 0.05) is 25.1 Å². The Morgan fingerprint density at radius 1 is 1.05 bits per heavy atom. The van der Waals surface area contributed by atoms with Gasteiger partial charge < -0.3 is 24.7 Å². The molecule has 0 radical (unpaired) electrons. The predicted molar refractivity (Wildman–Crippen MR) is 72.4 cm³/mol. The fraction of sp³-hybridized carbons (Fsp3) is 0.615. The van der Waals surface area contributed by atoms with E-state index in [9.17, 15) is 0 Å². The average molecular weight is 270 g/mol. The third kappa shape index (κ3) is 6.95. The summed E-state index contributed by atoms with van der Waals surface area (Å²) in [6.07, 6.45) is 1.69. The molecule has 0 unspecified atom stereocenters. The quantitative estimate of drug-likeness (QED) is 0.640. The zero-order valence-corrected chi connectivity index (χ0v) is 11.6. The van der Waals surface area contributed by atoms with E-state index in [0.717, 1.165) is 5.56 Å². The van der Waals surface area contributed by atoms with Gasteiger partial charge in [0.15, 0.2) is 0 Å². The second-order valence-corrected chi connectivity index (χ2v) is 3.95. The fourth-order valence-corrected chi connectivity index (χ4v) is 1.27. The van der Waals surface area contributed by atoms with Gasteiger partial charge in [-0.3, -0.25) is 0 Å². The van der Waals surface area contributed by atoms with Gasteiger partial charge in [-0.25, -0.2) is 4.98 Å². The third-order valence-corrected chi connectivity index (χ3v) is 2.40. The lowest BCUT2D eigenvalue weighted by Crippen LogP contribution is -2.12. The molecule has 0 aliphatic carbocycles. The second-order valence-electron chi connectivity index (χ2n) is 3.95. The smallest absolute Gasteiger partial charge is 0.215 e. The molecule has 1 rings (SSSR count). The number of ether oxygens (including phenoxy) is 4. The molecule has 6 nitrogen and oxygen atoms in total. The van der Waals surface area contributed by atoms with Gasteiger partial charge in [0.1, 0.15) is 6.61 Å². The molecule has 108 valence electrons. The van der Waals surface area contributed by atoms with Gasteiger partial charge in [0.25, 0.3) is 0 Å². The highest BCUT2D eigenvalue weighted by atomic mass is 16.6. The lowest BCUT2D eigenvalue weighted by Gasteiger charge is -2.08. The molecular formula is C13H22N2O4. The van der Waals surface area contributed by atoms with Crippen LogP contribution in [0, 0.1) is 6.92 Å². The van der Waals surface area contributed by atoms with Gasteiger partial charge in [0.2, 0.25) is 5.88 Å². The molecule has 1 aromatic rings. The molecule has 0 atom stereocenters. The molecule has 0 fully saturated rings. The molecule has 0 aliphatic rings. The van der Waals surface area contributed by atoms with Crippen LogP contribution in [0.15, 0.2) is 12.3 Å². The van der Waals surface area contributed by atoms with Gasteiger partial charge in [-0.1, -0.05) is 0 Å². The van der Waals surface area contributed by atoms with E-state index in [-0.39, 0.29) is 0 Å². The maximum Gasteiger partial charge on any atom is 0.215 e. The molecule has 0 saturated carbocycles. The van der Waals surface area contributed by atoms with E-state index >= 15 is 0 Å². The summed E-state index contributed by atoms with van der Waals surface area (Å²) in [6, 6.07) is 1.71. The molecule has 6 heteroatoms. The van der Waals surface area contributed by atoms with E-state index in [4.69, 9.17) is 24.7 Å². The van der Waals surface area contributed by atoms with Gasteiger partial charge >= 0.3 is 0 Å². The molecule has 1 aromatic heterocycles. The van der Waals surface area contributed by atoms with Crippen molar-refractivity contribution < 1.29 is 18.9 Å². The Hall–Kier alpha value is -1.37. The summed E-state index contributed by atoms with van der Waals surface area (Å²) >= 11 is 0. The predicted octanol–water partition coefficient (Wildman–Crippen LogP) is 1.03. The van der Waals surface area contributed by atoms with Crippen LogP contribution in [0.4, 0.5) is 5.69 Å². The maximum atomic E-state index is 5.75. The number of aryl methyl sites for hydroxylation is 1. The molecule has 0 spiro atoms. The first-order valence-corrected chi connectivity index (χ1v) is 6.23. The zero-order chi connectivity index (χ0) is 13.9. The van der Waals surface area contributed by atoms with E-state index < -0.39 is 0 Å². The highest BCUT2D eigenvalue weighted by molar-refractivity contribution is 5.47. The number of aromatic nitrogens is 1. The molecular weight excluding hydrogens is 248 g/mol. The first-order chi connectivity index (χ1) is 9.24. The summed E-state index contributed by atoms with van der Waals surface area (Å²) in [4.78, 5) is 4.11. The molecule has 19 heavy (non-hydrogen) atoms. The van der Waals surface area contributed by atoms with E-state index in [0.29, 0.717) is 51.2 Å². The number of nitrogen functional groups attached to an aromatic ring is 1. The van der Waals surface area contributed by atoms with Crippen molar-refractivity contribution in [3.05, 3.63) is 17.8 Å². The standard InChI is InChI=1S/C13H22N2O4/c1-11-10-15-13(9-12(11)14)19-8-7-18-6-5-17-4-3-16-2/h9-10H,3-8H2,1-2H3,(H2,14,15). The number of hydrogen-bond donors (Lipinski definition) is 1. The largest absolute Gasteiger partial charge is 0.475 e. The van der Waals surface area contributed by atoms with Crippen LogP contribution in [0.1, 0.15) is 5.56 Å². The summed E-state index contributed by atoms with van der Waals surface area (Å²) in [7, 11) is 1.64. The normalized spacial score (nSPS) is 10.6. The first kappa shape index (κ1) is 15.7. The van der Waals surface area contributed by atoms with Crippen LogP contribution < -0.4 is 10.5 Å². The van der Waals surface area contributed by atoms with Crippen molar-refractivity contribution in [2.45, 2.75) is 6.92 Å². The van der Waals surface area contributed by atoms with E-state index in [1.807, 2.05) is 6.92 Å². The van der Waals surface area contributed by atoms with Crippen molar-refractivity contribution in [2.24, 2.45) is 0 Å². The lowest BCUT2D eigenvalue weighted by molar-refractivity contribution is 0.0176. The van der Waals surface area contributed by atoms with Gasteiger partial charge in [-0.05, 0) is 12.5 Å². The second kappa shape index (κ2) is 9.55. The van der Waals surface area contributed by atoms with Gasteiger partial charge in [0.05, 0.1) is 33.0 Å². The SMILES string of the molecule is COCCOCCOCCOc1cc(N)c(C)cn1. The number of hydrogen-bond acceptors (Lipinski definition) is 6. The molecule has 0 aliphatic heterocycles.